The van der Waals surface area contributed by atoms with Crippen molar-refractivity contribution in [1.29, 1.82) is 0 Å². The van der Waals surface area contributed by atoms with Crippen molar-refractivity contribution in [1.82, 2.24) is 4.72 Å². The Morgan fingerprint density at radius 1 is 1.43 bits per heavy atom. The third-order valence-corrected chi connectivity index (χ3v) is 4.22. The molecule has 0 aliphatic heterocycles. The van der Waals surface area contributed by atoms with Crippen LogP contribution in [0.15, 0.2) is 0 Å². The van der Waals surface area contributed by atoms with Crippen molar-refractivity contribution in [2.75, 3.05) is 25.2 Å². The van der Waals surface area contributed by atoms with E-state index in [1.54, 1.807) is 11.8 Å². The molecule has 0 aliphatic carbocycles. The zero-order chi connectivity index (χ0) is 11.0. The average molecular weight is 241 g/mol. The first-order chi connectivity index (χ1) is 6.52. The SMILES string of the molecule is CSC(C)CNS(=O)(=O)CCCCO. The molecular formula is C8H19NO3S2. The van der Waals surface area contributed by atoms with Crippen LogP contribution in [0.25, 0.3) is 0 Å². The summed E-state index contributed by atoms with van der Waals surface area (Å²) in [6.07, 6.45) is 3.00. The summed E-state index contributed by atoms with van der Waals surface area (Å²) in [7, 11) is -3.13. The Hall–Kier alpha value is 0.220. The fourth-order valence-corrected chi connectivity index (χ4v) is 2.39. The highest BCUT2D eigenvalue weighted by Crippen LogP contribution is 2.03. The Morgan fingerprint density at radius 2 is 2.07 bits per heavy atom. The molecule has 0 radical (unpaired) electrons. The summed E-state index contributed by atoms with van der Waals surface area (Å²) in [5, 5.41) is 8.79. The van der Waals surface area contributed by atoms with E-state index < -0.39 is 10.0 Å². The molecule has 0 aromatic heterocycles. The minimum absolute atomic E-state index is 0.0523. The van der Waals surface area contributed by atoms with E-state index >= 15 is 0 Å². The van der Waals surface area contributed by atoms with Crippen LogP contribution in [0, 0.1) is 0 Å². The standard InChI is InChI=1S/C8H19NO3S2/c1-8(13-2)7-9-14(11,12)6-4-3-5-10/h8-10H,3-7H2,1-2H3. The molecule has 0 spiro atoms. The van der Waals surface area contributed by atoms with Crippen molar-refractivity contribution in [2.45, 2.75) is 25.0 Å². The molecule has 4 nitrogen and oxygen atoms in total. The molecule has 0 rings (SSSR count). The molecular weight excluding hydrogens is 222 g/mol. The lowest BCUT2D eigenvalue weighted by Gasteiger charge is -2.10. The molecule has 0 saturated carbocycles. The van der Waals surface area contributed by atoms with Crippen LogP contribution < -0.4 is 4.72 Å². The van der Waals surface area contributed by atoms with E-state index in [9.17, 15) is 8.42 Å². The predicted octanol–water partition coefficient (Wildman–Crippen LogP) is 0.430. The molecule has 14 heavy (non-hydrogen) atoms. The van der Waals surface area contributed by atoms with Crippen LogP contribution in [0.1, 0.15) is 19.8 Å². The van der Waals surface area contributed by atoms with Gasteiger partial charge in [-0.05, 0) is 19.1 Å². The summed E-state index contributed by atoms with van der Waals surface area (Å²) in [6, 6.07) is 0. The van der Waals surface area contributed by atoms with Crippen molar-refractivity contribution < 1.29 is 13.5 Å². The minimum Gasteiger partial charge on any atom is -0.396 e. The molecule has 0 bridgehead atoms. The lowest BCUT2D eigenvalue weighted by molar-refractivity contribution is 0.287. The highest BCUT2D eigenvalue weighted by molar-refractivity contribution is 7.99. The number of hydrogen-bond acceptors (Lipinski definition) is 4. The summed E-state index contributed by atoms with van der Waals surface area (Å²) >= 11 is 1.63. The van der Waals surface area contributed by atoms with Gasteiger partial charge in [-0.25, -0.2) is 13.1 Å². The van der Waals surface area contributed by atoms with Gasteiger partial charge in [-0.3, -0.25) is 0 Å². The fourth-order valence-electron chi connectivity index (χ4n) is 0.804. The molecule has 0 aromatic rings. The zero-order valence-electron chi connectivity index (χ0n) is 8.69. The van der Waals surface area contributed by atoms with Crippen LogP contribution in [-0.2, 0) is 10.0 Å². The predicted molar refractivity (Wildman–Crippen MR) is 61.1 cm³/mol. The van der Waals surface area contributed by atoms with Crippen molar-refractivity contribution in [3.63, 3.8) is 0 Å². The van der Waals surface area contributed by atoms with Crippen molar-refractivity contribution in [3.05, 3.63) is 0 Å². The third-order valence-electron chi connectivity index (χ3n) is 1.81. The van der Waals surface area contributed by atoms with Gasteiger partial charge in [0.1, 0.15) is 0 Å². The Bertz CT molecular complexity index is 229. The first-order valence-corrected chi connectivity index (χ1v) is 7.57. The maximum absolute atomic E-state index is 11.3. The van der Waals surface area contributed by atoms with E-state index in [2.05, 4.69) is 4.72 Å². The van der Waals surface area contributed by atoms with Gasteiger partial charge in [0.15, 0.2) is 0 Å². The Morgan fingerprint density at radius 3 is 2.57 bits per heavy atom. The third kappa shape index (κ3) is 7.61. The van der Waals surface area contributed by atoms with Crippen molar-refractivity contribution >= 4 is 21.8 Å². The average Bonchev–Trinajstić information content (AvgIpc) is 2.14. The van der Waals surface area contributed by atoms with E-state index in [1.807, 2.05) is 13.2 Å². The first-order valence-electron chi connectivity index (χ1n) is 4.63. The molecule has 0 amide bonds. The summed E-state index contributed by atoms with van der Waals surface area (Å²) in [6.45, 7) is 2.50. The molecule has 86 valence electrons. The van der Waals surface area contributed by atoms with Crippen molar-refractivity contribution in [2.24, 2.45) is 0 Å². The second-order valence-electron chi connectivity index (χ2n) is 3.14. The van der Waals surface area contributed by atoms with Crippen LogP contribution >= 0.6 is 11.8 Å². The van der Waals surface area contributed by atoms with Gasteiger partial charge in [-0.1, -0.05) is 6.92 Å². The lowest BCUT2D eigenvalue weighted by atomic mass is 10.4. The van der Waals surface area contributed by atoms with Crippen LogP contribution in [-0.4, -0.2) is 43.9 Å². The number of hydrogen-bond donors (Lipinski definition) is 2. The van der Waals surface area contributed by atoms with Crippen molar-refractivity contribution in [3.8, 4) is 0 Å². The Kier molecular flexibility index (Phi) is 7.62. The van der Waals surface area contributed by atoms with Gasteiger partial charge in [0.25, 0.3) is 0 Å². The molecule has 0 saturated heterocycles. The second kappa shape index (κ2) is 7.50. The number of unbranched alkanes of at least 4 members (excludes halogenated alkanes) is 1. The maximum atomic E-state index is 11.3. The fraction of sp³-hybridized carbons (Fsp3) is 1.00. The van der Waals surface area contributed by atoms with Gasteiger partial charge in [-0.15, -0.1) is 0 Å². The largest absolute Gasteiger partial charge is 0.396 e. The smallest absolute Gasteiger partial charge is 0.211 e. The summed E-state index contributed by atoms with van der Waals surface area (Å²) in [4.78, 5) is 0. The molecule has 0 heterocycles. The molecule has 1 unspecified atom stereocenters. The van der Waals surface area contributed by atoms with E-state index in [4.69, 9.17) is 5.11 Å². The molecule has 6 heteroatoms. The lowest BCUT2D eigenvalue weighted by Crippen LogP contribution is -2.31. The number of aliphatic hydroxyl groups excluding tert-OH is 1. The molecule has 0 aromatic carbocycles. The number of nitrogens with one attached hydrogen (secondary N) is 1. The van der Waals surface area contributed by atoms with Crippen LogP contribution in [0.4, 0.5) is 0 Å². The highest BCUT2D eigenvalue weighted by atomic mass is 32.2. The molecule has 2 N–H and O–H groups in total. The zero-order valence-corrected chi connectivity index (χ0v) is 10.3. The summed E-state index contributed by atoms with van der Waals surface area (Å²) < 4.78 is 25.2. The highest BCUT2D eigenvalue weighted by Gasteiger charge is 2.10. The number of rotatable bonds is 8. The molecule has 1 atom stereocenters. The van der Waals surface area contributed by atoms with E-state index in [0.717, 1.165) is 0 Å². The van der Waals surface area contributed by atoms with Gasteiger partial charge in [0.2, 0.25) is 10.0 Å². The van der Waals surface area contributed by atoms with Crippen LogP contribution in [0.5, 0.6) is 0 Å². The van der Waals surface area contributed by atoms with E-state index in [-0.39, 0.29) is 12.4 Å². The number of thioether (sulfide) groups is 1. The van der Waals surface area contributed by atoms with Crippen LogP contribution in [0.3, 0.4) is 0 Å². The van der Waals surface area contributed by atoms with E-state index in [0.29, 0.717) is 24.6 Å². The van der Waals surface area contributed by atoms with Gasteiger partial charge in [0.05, 0.1) is 5.75 Å². The quantitative estimate of drug-likeness (QED) is 0.605. The monoisotopic (exact) mass is 241 g/mol. The second-order valence-corrected chi connectivity index (χ2v) is 6.35. The molecule has 0 fully saturated rings. The van der Waals surface area contributed by atoms with E-state index in [1.165, 1.54) is 0 Å². The maximum Gasteiger partial charge on any atom is 0.211 e. The minimum atomic E-state index is -3.13. The normalized spacial score (nSPS) is 14.2. The summed E-state index contributed by atoms with van der Waals surface area (Å²) in [5.74, 6) is 0.106. The van der Waals surface area contributed by atoms with Gasteiger partial charge < -0.3 is 5.11 Å². The van der Waals surface area contributed by atoms with Gasteiger partial charge in [-0.2, -0.15) is 11.8 Å². The first kappa shape index (κ1) is 14.2. The number of sulfonamides is 1. The Labute approximate surface area is 90.5 Å². The molecule has 0 aliphatic rings. The Balaban J connectivity index is 3.73. The number of aliphatic hydroxyl groups is 1. The van der Waals surface area contributed by atoms with Gasteiger partial charge >= 0.3 is 0 Å². The topological polar surface area (TPSA) is 66.4 Å². The summed E-state index contributed by atoms with van der Waals surface area (Å²) in [5.41, 5.74) is 0. The van der Waals surface area contributed by atoms with Crippen LogP contribution in [0.2, 0.25) is 0 Å². The van der Waals surface area contributed by atoms with Gasteiger partial charge in [0, 0.05) is 18.4 Å².